The Morgan fingerprint density at radius 2 is 1.93 bits per heavy atom. The van der Waals surface area contributed by atoms with Crippen LogP contribution in [0.25, 0.3) is 16.9 Å². The third-order valence-corrected chi connectivity index (χ3v) is 4.44. The summed E-state index contributed by atoms with van der Waals surface area (Å²) in [6.07, 6.45) is 5.24. The highest BCUT2D eigenvalue weighted by molar-refractivity contribution is 5.76. The molecule has 0 amide bonds. The van der Waals surface area contributed by atoms with Crippen LogP contribution in [0.5, 0.6) is 11.5 Å². The maximum absolute atomic E-state index is 13.3. The predicted octanol–water partition coefficient (Wildman–Crippen LogP) is 3.88. The lowest BCUT2D eigenvalue weighted by Crippen LogP contribution is -2.03. The minimum Gasteiger partial charge on any atom is -0.454 e. The second-order valence-electron chi connectivity index (χ2n) is 6.16. The fourth-order valence-electron chi connectivity index (χ4n) is 3.12. The van der Waals surface area contributed by atoms with Gasteiger partial charge in [0.25, 0.3) is 0 Å². The van der Waals surface area contributed by atoms with Crippen molar-refractivity contribution >= 4 is 11.5 Å². The summed E-state index contributed by atoms with van der Waals surface area (Å²) in [5, 5.41) is 3.44. The standard InChI is InChI=1S/C20H15FN4O2/c21-15-4-2-14(3-5-15)19-20(25-8-7-22-11-18(25)24-19)23-10-13-1-6-16-17(9-13)27-12-26-16/h1-9,11,23H,10,12H2. The smallest absolute Gasteiger partial charge is 0.231 e. The van der Waals surface area contributed by atoms with Crippen LogP contribution in [-0.2, 0) is 6.54 Å². The Morgan fingerprint density at radius 3 is 2.81 bits per heavy atom. The minimum atomic E-state index is -0.279. The Morgan fingerprint density at radius 1 is 1.07 bits per heavy atom. The van der Waals surface area contributed by atoms with Crippen molar-refractivity contribution in [3.63, 3.8) is 0 Å². The molecule has 134 valence electrons. The topological polar surface area (TPSA) is 60.7 Å². The second-order valence-corrected chi connectivity index (χ2v) is 6.16. The van der Waals surface area contributed by atoms with Crippen LogP contribution in [0.15, 0.2) is 61.1 Å². The van der Waals surface area contributed by atoms with Gasteiger partial charge in [0.15, 0.2) is 17.1 Å². The quantitative estimate of drug-likeness (QED) is 0.597. The summed E-state index contributed by atoms with van der Waals surface area (Å²) in [7, 11) is 0. The number of imidazole rings is 1. The third kappa shape index (κ3) is 2.83. The van der Waals surface area contributed by atoms with Gasteiger partial charge in [0.2, 0.25) is 6.79 Å². The maximum atomic E-state index is 13.3. The average molecular weight is 362 g/mol. The van der Waals surface area contributed by atoms with E-state index in [4.69, 9.17) is 9.47 Å². The van der Waals surface area contributed by atoms with Crippen molar-refractivity contribution in [2.75, 3.05) is 12.1 Å². The number of fused-ring (bicyclic) bond motifs is 2. The van der Waals surface area contributed by atoms with Crippen molar-refractivity contribution in [2.45, 2.75) is 6.54 Å². The molecule has 0 radical (unpaired) electrons. The second kappa shape index (κ2) is 6.28. The van der Waals surface area contributed by atoms with E-state index in [0.717, 1.165) is 34.1 Å². The number of anilines is 1. The van der Waals surface area contributed by atoms with Gasteiger partial charge in [0, 0.05) is 24.5 Å². The molecular weight excluding hydrogens is 347 g/mol. The molecule has 1 aliphatic heterocycles. The molecule has 0 unspecified atom stereocenters. The summed E-state index contributed by atoms with van der Waals surface area (Å²) in [5.74, 6) is 2.04. The molecule has 0 atom stereocenters. The van der Waals surface area contributed by atoms with Gasteiger partial charge in [-0.2, -0.15) is 0 Å². The number of rotatable bonds is 4. The van der Waals surface area contributed by atoms with Crippen LogP contribution in [-0.4, -0.2) is 21.2 Å². The number of hydrogen-bond donors (Lipinski definition) is 1. The van der Waals surface area contributed by atoms with Crippen LogP contribution in [0, 0.1) is 5.82 Å². The van der Waals surface area contributed by atoms with Gasteiger partial charge in [-0.15, -0.1) is 0 Å². The lowest BCUT2D eigenvalue weighted by atomic mass is 10.1. The summed E-state index contributed by atoms with van der Waals surface area (Å²) in [6.45, 7) is 0.822. The number of halogens is 1. The highest BCUT2D eigenvalue weighted by atomic mass is 19.1. The number of ether oxygens (including phenoxy) is 2. The first-order valence-corrected chi connectivity index (χ1v) is 8.48. The first-order valence-electron chi connectivity index (χ1n) is 8.48. The number of hydrogen-bond acceptors (Lipinski definition) is 5. The van der Waals surface area contributed by atoms with E-state index in [0.29, 0.717) is 12.2 Å². The fraction of sp³-hybridized carbons (Fsp3) is 0.100. The molecule has 0 bridgehead atoms. The number of benzene rings is 2. The molecule has 2 aromatic carbocycles. The molecule has 0 spiro atoms. The Bertz CT molecular complexity index is 1120. The monoisotopic (exact) mass is 362 g/mol. The first-order chi connectivity index (χ1) is 13.3. The Kier molecular flexibility index (Phi) is 3.64. The van der Waals surface area contributed by atoms with Crippen LogP contribution in [0.3, 0.4) is 0 Å². The lowest BCUT2D eigenvalue weighted by molar-refractivity contribution is 0.174. The van der Waals surface area contributed by atoms with Crippen LogP contribution >= 0.6 is 0 Å². The van der Waals surface area contributed by atoms with E-state index in [-0.39, 0.29) is 12.6 Å². The van der Waals surface area contributed by atoms with Crippen molar-refractivity contribution in [1.82, 2.24) is 14.4 Å². The van der Waals surface area contributed by atoms with Crippen molar-refractivity contribution in [2.24, 2.45) is 0 Å². The highest BCUT2D eigenvalue weighted by Gasteiger charge is 2.16. The Labute approximate surface area is 154 Å². The molecule has 27 heavy (non-hydrogen) atoms. The largest absolute Gasteiger partial charge is 0.454 e. The predicted molar refractivity (Wildman–Crippen MR) is 98.3 cm³/mol. The molecule has 4 aromatic rings. The van der Waals surface area contributed by atoms with E-state index in [1.807, 2.05) is 28.8 Å². The van der Waals surface area contributed by atoms with Gasteiger partial charge >= 0.3 is 0 Å². The van der Waals surface area contributed by atoms with Crippen molar-refractivity contribution in [3.05, 3.63) is 72.4 Å². The third-order valence-electron chi connectivity index (χ3n) is 4.44. The molecule has 1 N–H and O–H groups in total. The van der Waals surface area contributed by atoms with Crippen LogP contribution in [0.1, 0.15) is 5.56 Å². The van der Waals surface area contributed by atoms with E-state index in [9.17, 15) is 4.39 Å². The molecule has 2 aromatic heterocycles. The maximum Gasteiger partial charge on any atom is 0.231 e. The molecule has 0 aliphatic carbocycles. The summed E-state index contributed by atoms with van der Waals surface area (Å²) in [5.41, 5.74) is 3.33. The van der Waals surface area contributed by atoms with E-state index in [2.05, 4.69) is 15.3 Å². The van der Waals surface area contributed by atoms with Crippen LogP contribution in [0.4, 0.5) is 10.2 Å². The van der Waals surface area contributed by atoms with Crippen molar-refractivity contribution in [1.29, 1.82) is 0 Å². The van der Waals surface area contributed by atoms with E-state index in [1.165, 1.54) is 12.1 Å². The van der Waals surface area contributed by atoms with E-state index in [1.54, 1.807) is 24.5 Å². The molecule has 5 rings (SSSR count). The van der Waals surface area contributed by atoms with Crippen LogP contribution in [0.2, 0.25) is 0 Å². The van der Waals surface area contributed by atoms with Gasteiger partial charge in [-0.3, -0.25) is 9.38 Å². The molecule has 6 nitrogen and oxygen atoms in total. The van der Waals surface area contributed by atoms with E-state index < -0.39 is 0 Å². The molecule has 0 saturated carbocycles. The fourth-order valence-corrected chi connectivity index (χ4v) is 3.12. The van der Waals surface area contributed by atoms with E-state index >= 15 is 0 Å². The lowest BCUT2D eigenvalue weighted by Gasteiger charge is -2.09. The normalized spacial score (nSPS) is 12.5. The van der Waals surface area contributed by atoms with Crippen LogP contribution < -0.4 is 14.8 Å². The molecule has 7 heteroatoms. The summed E-state index contributed by atoms with van der Waals surface area (Å²) in [4.78, 5) is 8.78. The zero-order valence-electron chi connectivity index (χ0n) is 14.2. The highest BCUT2D eigenvalue weighted by Crippen LogP contribution is 2.33. The first kappa shape index (κ1) is 15.6. The van der Waals surface area contributed by atoms with Gasteiger partial charge in [0.1, 0.15) is 17.3 Å². The van der Waals surface area contributed by atoms with Crippen molar-refractivity contribution < 1.29 is 13.9 Å². The minimum absolute atomic E-state index is 0.251. The van der Waals surface area contributed by atoms with Gasteiger partial charge < -0.3 is 14.8 Å². The number of nitrogens with one attached hydrogen (secondary N) is 1. The zero-order chi connectivity index (χ0) is 18.2. The van der Waals surface area contributed by atoms with Gasteiger partial charge in [-0.25, -0.2) is 9.37 Å². The SMILES string of the molecule is Fc1ccc(-c2nc3cnccn3c2NCc2ccc3c(c2)OCO3)cc1. The van der Waals surface area contributed by atoms with Gasteiger partial charge in [-0.1, -0.05) is 6.07 Å². The van der Waals surface area contributed by atoms with Gasteiger partial charge in [0.05, 0.1) is 6.20 Å². The molecule has 1 aliphatic rings. The average Bonchev–Trinajstić information content (AvgIpc) is 3.31. The zero-order valence-corrected chi connectivity index (χ0v) is 14.2. The Balaban J connectivity index is 1.51. The number of aromatic nitrogens is 3. The van der Waals surface area contributed by atoms with Crippen molar-refractivity contribution in [3.8, 4) is 22.8 Å². The van der Waals surface area contributed by atoms with Gasteiger partial charge in [-0.05, 0) is 42.0 Å². The number of nitrogens with zero attached hydrogens (tertiary/aromatic N) is 3. The summed E-state index contributed by atoms with van der Waals surface area (Å²) in [6, 6.07) is 12.1. The summed E-state index contributed by atoms with van der Waals surface area (Å²) >= 11 is 0. The summed E-state index contributed by atoms with van der Waals surface area (Å²) < 4.78 is 26.0. The molecular formula is C20H15FN4O2. The Hall–Kier alpha value is -3.61. The molecule has 0 fully saturated rings. The molecule has 3 heterocycles. The molecule has 0 saturated heterocycles.